The maximum atomic E-state index is 11.7. The zero-order valence-corrected chi connectivity index (χ0v) is 11.6. The standard InChI is InChI=1S/C16H19N3O/c1-11-5-7-13(8-6-11)17-10-16(20)19-18-15-9-12-3-2-4-14(12)15/h2-3,5-8,12,14,17H,4,9-10H2,1H3,(H,19,20)/b18-15-/t12-,14+/m0/s1. The summed E-state index contributed by atoms with van der Waals surface area (Å²) in [7, 11) is 0. The molecular weight excluding hydrogens is 250 g/mol. The van der Waals surface area contributed by atoms with Gasteiger partial charge in [-0.1, -0.05) is 29.8 Å². The fourth-order valence-corrected chi connectivity index (χ4v) is 2.69. The fourth-order valence-electron chi connectivity index (χ4n) is 2.69. The van der Waals surface area contributed by atoms with Crippen LogP contribution in [-0.2, 0) is 4.79 Å². The minimum Gasteiger partial charge on any atom is -0.376 e. The summed E-state index contributed by atoms with van der Waals surface area (Å²) in [6.45, 7) is 2.28. The van der Waals surface area contributed by atoms with Gasteiger partial charge in [-0.25, -0.2) is 5.43 Å². The van der Waals surface area contributed by atoms with Gasteiger partial charge in [0.1, 0.15) is 0 Å². The van der Waals surface area contributed by atoms with Gasteiger partial charge in [-0.15, -0.1) is 0 Å². The predicted molar refractivity (Wildman–Crippen MR) is 80.6 cm³/mol. The lowest BCUT2D eigenvalue weighted by molar-refractivity contribution is -0.119. The number of hydrazone groups is 1. The van der Waals surface area contributed by atoms with Gasteiger partial charge >= 0.3 is 0 Å². The third kappa shape index (κ3) is 2.74. The maximum Gasteiger partial charge on any atom is 0.259 e. The molecule has 4 nitrogen and oxygen atoms in total. The SMILES string of the molecule is Cc1ccc(NCC(=O)N/N=C2/C[C@@H]3C=CC[C@@H]23)cc1. The third-order valence-electron chi connectivity index (χ3n) is 3.99. The minimum atomic E-state index is -0.104. The number of anilines is 1. The van der Waals surface area contributed by atoms with E-state index in [1.54, 1.807) is 0 Å². The Morgan fingerprint density at radius 3 is 2.90 bits per heavy atom. The number of hydrogen-bond acceptors (Lipinski definition) is 3. The zero-order chi connectivity index (χ0) is 13.9. The van der Waals surface area contributed by atoms with Crippen molar-refractivity contribution in [3.05, 3.63) is 42.0 Å². The molecule has 0 unspecified atom stereocenters. The second kappa shape index (κ2) is 5.49. The molecule has 0 heterocycles. The van der Waals surface area contributed by atoms with Gasteiger partial charge in [0.25, 0.3) is 5.91 Å². The quantitative estimate of drug-likeness (QED) is 0.651. The van der Waals surface area contributed by atoms with Crippen molar-refractivity contribution in [2.75, 3.05) is 11.9 Å². The Morgan fingerprint density at radius 2 is 2.15 bits per heavy atom. The largest absolute Gasteiger partial charge is 0.376 e. The van der Waals surface area contributed by atoms with Crippen LogP contribution < -0.4 is 10.7 Å². The first-order chi connectivity index (χ1) is 9.72. The summed E-state index contributed by atoms with van der Waals surface area (Å²) in [4.78, 5) is 11.7. The van der Waals surface area contributed by atoms with Crippen LogP contribution >= 0.6 is 0 Å². The number of benzene rings is 1. The summed E-state index contributed by atoms with van der Waals surface area (Å²) in [5, 5.41) is 7.32. The van der Waals surface area contributed by atoms with E-state index < -0.39 is 0 Å². The molecule has 0 bridgehead atoms. The highest BCUT2D eigenvalue weighted by Crippen LogP contribution is 2.39. The van der Waals surface area contributed by atoms with E-state index in [1.165, 1.54) is 5.56 Å². The average molecular weight is 269 g/mol. The van der Waals surface area contributed by atoms with E-state index >= 15 is 0 Å². The molecular formula is C16H19N3O. The summed E-state index contributed by atoms with van der Waals surface area (Å²) in [6.07, 6.45) is 6.52. The third-order valence-corrected chi connectivity index (χ3v) is 3.99. The minimum absolute atomic E-state index is 0.104. The van der Waals surface area contributed by atoms with Gasteiger partial charge in [-0.3, -0.25) is 4.79 Å². The highest BCUT2D eigenvalue weighted by atomic mass is 16.2. The van der Waals surface area contributed by atoms with Crippen molar-refractivity contribution in [3.8, 4) is 0 Å². The Balaban J connectivity index is 1.44. The highest BCUT2D eigenvalue weighted by Gasteiger charge is 2.37. The number of hydrogen-bond donors (Lipinski definition) is 2. The van der Waals surface area contributed by atoms with Gasteiger partial charge in [-0.05, 0) is 37.8 Å². The molecule has 0 aliphatic heterocycles. The second-order valence-electron chi connectivity index (χ2n) is 5.50. The number of carbonyl (C=O) groups is 1. The van der Waals surface area contributed by atoms with E-state index in [4.69, 9.17) is 0 Å². The van der Waals surface area contributed by atoms with Gasteiger partial charge in [0.2, 0.25) is 0 Å². The smallest absolute Gasteiger partial charge is 0.259 e. The molecule has 2 N–H and O–H groups in total. The Hall–Kier alpha value is -2.10. The Kier molecular flexibility index (Phi) is 3.54. The molecule has 1 amide bonds. The lowest BCUT2D eigenvalue weighted by Gasteiger charge is -2.31. The summed E-state index contributed by atoms with van der Waals surface area (Å²) in [5.74, 6) is 1.10. The van der Waals surface area contributed by atoms with Gasteiger partial charge in [-0.2, -0.15) is 5.10 Å². The first-order valence-corrected chi connectivity index (χ1v) is 7.05. The fraction of sp³-hybridized carbons (Fsp3) is 0.375. The van der Waals surface area contributed by atoms with E-state index in [-0.39, 0.29) is 12.5 Å². The molecule has 1 aromatic carbocycles. The number of amides is 1. The van der Waals surface area contributed by atoms with Crippen LogP contribution in [-0.4, -0.2) is 18.2 Å². The van der Waals surface area contributed by atoms with Crippen LogP contribution in [0.4, 0.5) is 5.69 Å². The number of carbonyl (C=O) groups excluding carboxylic acids is 1. The van der Waals surface area contributed by atoms with Crippen molar-refractivity contribution in [1.82, 2.24) is 5.43 Å². The molecule has 2 aliphatic rings. The van der Waals surface area contributed by atoms with E-state index in [2.05, 4.69) is 28.0 Å². The maximum absolute atomic E-state index is 11.7. The number of rotatable bonds is 4. The summed E-state index contributed by atoms with van der Waals surface area (Å²) in [5.41, 5.74) is 5.92. The topological polar surface area (TPSA) is 53.5 Å². The molecule has 3 rings (SSSR count). The predicted octanol–water partition coefficient (Wildman–Crippen LogP) is 2.48. The molecule has 104 valence electrons. The van der Waals surface area contributed by atoms with E-state index in [0.29, 0.717) is 11.8 Å². The van der Waals surface area contributed by atoms with Crippen LogP contribution in [0, 0.1) is 18.8 Å². The average Bonchev–Trinajstić information content (AvgIpc) is 2.80. The summed E-state index contributed by atoms with van der Waals surface area (Å²) < 4.78 is 0. The van der Waals surface area contributed by atoms with Crippen LogP contribution in [0.2, 0.25) is 0 Å². The van der Waals surface area contributed by atoms with E-state index in [0.717, 1.165) is 24.2 Å². The van der Waals surface area contributed by atoms with Crippen molar-refractivity contribution in [2.45, 2.75) is 19.8 Å². The molecule has 1 aromatic rings. The molecule has 2 aliphatic carbocycles. The molecule has 0 radical (unpaired) electrons. The van der Waals surface area contributed by atoms with Gasteiger partial charge in [0.15, 0.2) is 0 Å². The molecule has 0 saturated heterocycles. The number of nitrogens with zero attached hydrogens (tertiary/aromatic N) is 1. The van der Waals surface area contributed by atoms with E-state index in [9.17, 15) is 4.79 Å². The molecule has 4 heteroatoms. The Morgan fingerprint density at radius 1 is 1.35 bits per heavy atom. The molecule has 2 atom stereocenters. The number of nitrogens with one attached hydrogen (secondary N) is 2. The molecule has 1 fully saturated rings. The van der Waals surface area contributed by atoms with E-state index in [1.807, 2.05) is 31.2 Å². The van der Waals surface area contributed by atoms with Crippen LogP contribution in [0.3, 0.4) is 0 Å². The van der Waals surface area contributed by atoms with Crippen LogP contribution in [0.5, 0.6) is 0 Å². The number of aryl methyl sites for hydroxylation is 1. The highest BCUT2D eigenvalue weighted by molar-refractivity contribution is 5.95. The lowest BCUT2D eigenvalue weighted by atomic mass is 9.74. The van der Waals surface area contributed by atoms with Gasteiger partial charge < -0.3 is 5.32 Å². The Bertz CT molecular complexity index is 560. The number of fused-ring (bicyclic) bond motifs is 1. The van der Waals surface area contributed by atoms with Gasteiger partial charge in [0, 0.05) is 17.3 Å². The van der Waals surface area contributed by atoms with Crippen molar-refractivity contribution in [3.63, 3.8) is 0 Å². The first-order valence-electron chi connectivity index (χ1n) is 7.05. The van der Waals surface area contributed by atoms with Crippen molar-refractivity contribution in [1.29, 1.82) is 0 Å². The normalized spacial score (nSPS) is 25.1. The van der Waals surface area contributed by atoms with Crippen LogP contribution in [0.1, 0.15) is 18.4 Å². The zero-order valence-electron chi connectivity index (χ0n) is 11.6. The number of allylic oxidation sites excluding steroid dienone is 2. The van der Waals surface area contributed by atoms with Crippen LogP contribution in [0.25, 0.3) is 0 Å². The molecule has 0 spiro atoms. The second-order valence-corrected chi connectivity index (χ2v) is 5.50. The summed E-state index contributed by atoms with van der Waals surface area (Å²) in [6, 6.07) is 7.97. The Labute approximate surface area is 119 Å². The lowest BCUT2D eigenvalue weighted by Crippen LogP contribution is -2.36. The van der Waals surface area contributed by atoms with Crippen LogP contribution in [0.15, 0.2) is 41.5 Å². The van der Waals surface area contributed by atoms with Crippen molar-refractivity contribution in [2.24, 2.45) is 16.9 Å². The first kappa shape index (κ1) is 12.9. The molecule has 1 saturated carbocycles. The van der Waals surface area contributed by atoms with Crippen molar-refractivity contribution >= 4 is 17.3 Å². The van der Waals surface area contributed by atoms with Gasteiger partial charge in [0.05, 0.1) is 6.54 Å². The molecule has 0 aromatic heterocycles. The summed E-state index contributed by atoms with van der Waals surface area (Å²) >= 11 is 0. The molecule has 20 heavy (non-hydrogen) atoms. The monoisotopic (exact) mass is 269 g/mol. The van der Waals surface area contributed by atoms with Crippen molar-refractivity contribution < 1.29 is 4.79 Å².